The second-order valence-electron chi connectivity index (χ2n) is 8.73. The van der Waals surface area contributed by atoms with Gasteiger partial charge in [0, 0.05) is 0 Å². The van der Waals surface area contributed by atoms with Crippen molar-refractivity contribution in [2.24, 2.45) is 0 Å². The third-order valence-electron chi connectivity index (χ3n) is 6.09. The Hall–Kier alpha value is -1.91. The van der Waals surface area contributed by atoms with Gasteiger partial charge in [0.1, 0.15) is 0 Å². The Labute approximate surface area is 275 Å². The van der Waals surface area contributed by atoms with Crippen molar-refractivity contribution in [3.63, 3.8) is 0 Å². The minimum absolute atomic E-state index is 0.208. The zero-order valence-electron chi connectivity index (χ0n) is 22.3. The maximum absolute atomic E-state index is 3.17. The summed E-state index contributed by atoms with van der Waals surface area (Å²) in [5.41, 5.74) is 0. The molecule has 6 rings (SSSR count). The first-order valence-corrected chi connectivity index (χ1v) is 28.6. The first-order valence-electron chi connectivity index (χ1n) is 13.0. The van der Waals surface area contributed by atoms with Crippen LogP contribution in [0, 0.1) is 0 Å². The molecule has 6 aromatic carbocycles. The summed E-state index contributed by atoms with van der Waals surface area (Å²) in [5.74, 6) is 0. The van der Waals surface area contributed by atoms with E-state index in [4.69, 9.17) is 0 Å². The van der Waals surface area contributed by atoms with Crippen LogP contribution in [0.25, 0.3) is 0 Å². The van der Waals surface area contributed by atoms with Crippen molar-refractivity contribution in [2.75, 3.05) is 0 Å². The molecule has 0 aliphatic heterocycles. The van der Waals surface area contributed by atoms with Gasteiger partial charge in [-0.25, -0.2) is 0 Å². The molecular formula is C36H30As2Br2Pt. The summed E-state index contributed by atoms with van der Waals surface area (Å²) in [7, 11) is 0. The summed E-state index contributed by atoms with van der Waals surface area (Å²) in [6.07, 6.45) is 0. The molecule has 208 valence electrons. The van der Waals surface area contributed by atoms with E-state index in [2.05, 4.69) is 209 Å². The molecule has 0 spiro atoms. The Morgan fingerprint density at radius 1 is 0.268 bits per heavy atom. The minimum atomic E-state index is -1.39. The normalized spacial score (nSPS) is 10.3. The van der Waals surface area contributed by atoms with Gasteiger partial charge in [0.2, 0.25) is 0 Å². The summed E-state index contributed by atoms with van der Waals surface area (Å²) in [6.45, 7) is 0. The summed E-state index contributed by atoms with van der Waals surface area (Å²) in [6, 6.07) is 65.4. The standard InChI is InChI=1S/2C18H15As.2BrH.Pt/c2*1-4-10-16(11-5-1)19(17-12-6-2-7-13-17)18-14-8-3-9-15-18;;;/h2*1-15H;2*1H;/q;;;;+2/p-2. The van der Waals surface area contributed by atoms with Gasteiger partial charge in [-0.1, -0.05) is 0 Å². The van der Waals surface area contributed by atoms with Crippen molar-refractivity contribution in [3.05, 3.63) is 182 Å². The SMILES string of the molecule is [Br][Pt][Br].c1ccc([As](c2ccccc2)c2ccccc2)cc1.c1ccc([As](c2ccccc2)c2ccccc2)cc1. The molecule has 0 fully saturated rings. The predicted octanol–water partition coefficient (Wildman–Crippen LogP) is 6.09. The van der Waals surface area contributed by atoms with E-state index in [-0.39, 0.29) is 14.5 Å². The van der Waals surface area contributed by atoms with Crippen molar-refractivity contribution in [2.45, 2.75) is 0 Å². The zero-order chi connectivity index (χ0) is 28.5. The van der Waals surface area contributed by atoms with Crippen molar-refractivity contribution < 1.29 is 14.5 Å². The van der Waals surface area contributed by atoms with Crippen LogP contribution in [0.4, 0.5) is 0 Å². The molecule has 0 atom stereocenters. The van der Waals surface area contributed by atoms with E-state index in [0.717, 1.165) is 0 Å². The topological polar surface area (TPSA) is 0 Å². The van der Waals surface area contributed by atoms with Gasteiger partial charge < -0.3 is 0 Å². The van der Waals surface area contributed by atoms with Crippen molar-refractivity contribution in [1.82, 2.24) is 0 Å². The number of rotatable bonds is 6. The van der Waals surface area contributed by atoms with Gasteiger partial charge in [-0.15, -0.1) is 0 Å². The molecular weight excluding hydrogens is 937 g/mol. The van der Waals surface area contributed by atoms with Crippen LogP contribution in [0.2, 0.25) is 0 Å². The molecule has 0 radical (unpaired) electrons. The zero-order valence-corrected chi connectivity index (χ0v) is 31.5. The molecule has 0 bridgehead atoms. The van der Waals surface area contributed by atoms with E-state index >= 15 is 0 Å². The molecule has 5 heteroatoms. The van der Waals surface area contributed by atoms with Gasteiger partial charge in [-0.3, -0.25) is 0 Å². The van der Waals surface area contributed by atoms with Crippen molar-refractivity contribution >= 4 is 82.0 Å². The molecule has 0 heterocycles. The Morgan fingerprint density at radius 3 is 0.512 bits per heavy atom. The fourth-order valence-corrected chi connectivity index (χ4v) is 14.0. The van der Waals surface area contributed by atoms with Crippen LogP contribution in [0.1, 0.15) is 0 Å². The first kappa shape index (κ1) is 32.0. The number of benzene rings is 6. The fourth-order valence-electron chi connectivity index (χ4n) is 4.36. The summed E-state index contributed by atoms with van der Waals surface area (Å²) in [5, 5.41) is 0. The Morgan fingerprint density at radius 2 is 0.390 bits per heavy atom. The molecule has 0 N–H and O–H groups in total. The van der Waals surface area contributed by atoms with Crippen LogP contribution in [-0.2, 0) is 14.5 Å². The molecule has 0 nitrogen and oxygen atoms in total. The molecule has 0 saturated heterocycles. The van der Waals surface area contributed by atoms with E-state index in [1.165, 1.54) is 26.1 Å². The molecule has 41 heavy (non-hydrogen) atoms. The van der Waals surface area contributed by atoms with Crippen molar-refractivity contribution in [3.8, 4) is 0 Å². The Bertz CT molecular complexity index is 1200. The van der Waals surface area contributed by atoms with Gasteiger partial charge >= 0.3 is 278 Å². The third-order valence-corrected chi connectivity index (χ3v) is 16.3. The van der Waals surface area contributed by atoms with E-state index < -0.39 is 29.3 Å². The summed E-state index contributed by atoms with van der Waals surface area (Å²) in [4.78, 5) is 0. The van der Waals surface area contributed by atoms with Crippen LogP contribution < -0.4 is 26.1 Å². The number of hydrogen-bond donors (Lipinski definition) is 0. The van der Waals surface area contributed by atoms with Crippen LogP contribution in [0.5, 0.6) is 0 Å². The first-order chi connectivity index (χ1) is 20.3. The van der Waals surface area contributed by atoms with Crippen LogP contribution in [0.3, 0.4) is 0 Å². The number of halogens is 2. The molecule has 0 saturated carbocycles. The molecule has 0 aliphatic rings. The summed E-state index contributed by atoms with van der Waals surface area (Å²) < 4.78 is 8.87. The average molecular weight is 967 g/mol. The molecule has 6 aromatic rings. The molecule has 0 unspecified atom stereocenters. The van der Waals surface area contributed by atoms with Gasteiger partial charge in [-0.2, -0.15) is 0 Å². The monoisotopic (exact) mass is 965 g/mol. The summed E-state index contributed by atoms with van der Waals surface area (Å²) >= 11 is 3.78. The molecule has 0 amide bonds. The van der Waals surface area contributed by atoms with Gasteiger partial charge in [-0.05, 0) is 0 Å². The number of hydrogen-bond acceptors (Lipinski definition) is 0. The van der Waals surface area contributed by atoms with Crippen molar-refractivity contribution in [1.29, 1.82) is 0 Å². The van der Waals surface area contributed by atoms with Crippen LogP contribution >= 0.6 is 26.6 Å². The van der Waals surface area contributed by atoms with E-state index in [9.17, 15) is 0 Å². The van der Waals surface area contributed by atoms with Gasteiger partial charge in [0.05, 0.1) is 0 Å². The molecule has 0 aromatic heterocycles. The fraction of sp³-hybridized carbons (Fsp3) is 0. The third kappa shape index (κ3) is 10.1. The van der Waals surface area contributed by atoms with E-state index in [0.29, 0.717) is 0 Å². The Balaban J connectivity index is 0.000000173. The van der Waals surface area contributed by atoms with Crippen LogP contribution in [-0.4, -0.2) is 29.3 Å². The van der Waals surface area contributed by atoms with Gasteiger partial charge in [0.15, 0.2) is 0 Å². The molecule has 0 aliphatic carbocycles. The predicted molar refractivity (Wildman–Crippen MR) is 186 cm³/mol. The van der Waals surface area contributed by atoms with Gasteiger partial charge in [0.25, 0.3) is 0 Å². The second kappa shape index (κ2) is 18.6. The maximum atomic E-state index is 3.17. The average Bonchev–Trinajstić information content (AvgIpc) is 3.05. The van der Waals surface area contributed by atoms with E-state index in [1.807, 2.05) is 0 Å². The van der Waals surface area contributed by atoms with Crippen LogP contribution in [0.15, 0.2) is 182 Å². The second-order valence-corrected chi connectivity index (χ2v) is 28.0. The van der Waals surface area contributed by atoms with E-state index in [1.54, 1.807) is 0 Å². The quantitative estimate of drug-likeness (QED) is 0.178. The Kier molecular flexibility index (Phi) is 14.5.